The Labute approximate surface area is 82.9 Å². The number of nitrogens with two attached hydrogens (primary N) is 1. The van der Waals surface area contributed by atoms with E-state index in [-0.39, 0.29) is 11.9 Å². The van der Waals surface area contributed by atoms with Crippen LogP contribution in [-0.4, -0.2) is 7.11 Å². The van der Waals surface area contributed by atoms with E-state index >= 15 is 0 Å². The first-order valence-electron chi connectivity index (χ1n) is 4.81. The van der Waals surface area contributed by atoms with Gasteiger partial charge in [-0.3, -0.25) is 0 Å². The molecule has 0 unspecified atom stereocenters. The van der Waals surface area contributed by atoms with E-state index in [0.29, 0.717) is 11.7 Å². The second kappa shape index (κ2) is 3.58. The van der Waals surface area contributed by atoms with E-state index in [2.05, 4.69) is 0 Å². The van der Waals surface area contributed by atoms with E-state index in [1.54, 1.807) is 6.07 Å². The summed E-state index contributed by atoms with van der Waals surface area (Å²) >= 11 is 0. The molecule has 1 aromatic rings. The van der Waals surface area contributed by atoms with Crippen LogP contribution in [-0.2, 0) is 0 Å². The molecule has 2 N–H and O–H groups in total. The SMILES string of the molecule is COc1cc(F)ccc1[C@H](N)C1CC1. The van der Waals surface area contributed by atoms with Crippen LogP contribution in [0.15, 0.2) is 18.2 Å². The van der Waals surface area contributed by atoms with Crippen LogP contribution in [0.5, 0.6) is 5.75 Å². The largest absolute Gasteiger partial charge is 0.496 e. The van der Waals surface area contributed by atoms with Gasteiger partial charge in [-0.25, -0.2) is 4.39 Å². The number of ether oxygens (including phenoxy) is 1. The summed E-state index contributed by atoms with van der Waals surface area (Å²) < 4.78 is 18.0. The second-order valence-corrected chi connectivity index (χ2v) is 3.75. The fourth-order valence-corrected chi connectivity index (χ4v) is 1.67. The molecule has 0 radical (unpaired) electrons. The van der Waals surface area contributed by atoms with Crippen molar-refractivity contribution in [2.24, 2.45) is 11.7 Å². The molecule has 1 saturated carbocycles. The van der Waals surface area contributed by atoms with Gasteiger partial charge in [0.15, 0.2) is 0 Å². The highest BCUT2D eigenvalue weighted by atomic mass is 19.1. The molecule has 1 atom stereocenters. The molecule has 0 spiro atoms. The molecule has 3 heteroatoms. The lowest BCUT2D eigenvalue weighted by Crippen LogP contribution is -2.13. The summed E-state index contributed by atoms with van der Waals surface area (Å²) in [5, 5.41) is 0. The molecule has 76 valence electrons. The van der Waals surface area contributed by atoms with Gasteiger partial charge in [0.25, 0.3) is 0 Å². The Balaban J connectivity index is 2.30. The molecule has 1 aromatic carbocycles. The topological polar surface area (TPSA) is 35.2 Å². The quantitative estimate of drug-likeness (QED) is 0.802. The van der Waals surface area contributed by atoms with Gasteiger partial charge in [-0.05, 0) is 24.8 Å². The zero-order valence-corrected chi connectivity index (χ0v) is 8.16. The monoisotopic (exact) mass is 195 g/mol. The maximum atomic E-state index is 12.9. The third kappa shape index (κ3) is 1.73. The Kier molecular flexibility index (Phi) is 2.42. The summed E-state index contributed by atoms with van der Waals surface area (Å²) in [6, 6.07) is 4.53. The van der Waals surface area contributed by atoms with Crippen LogP contribution >= 0.6 is 0 Å². The molecule has 14 heavy (non-hydrogen) atoms. The van der Waals surface area contributed by atoms with E-state index in [9.17, 15) is 4.39 Å². The van der Waals surface area contributed by atoms with Crippen LogP contribution in [0.4, 0.5) is 4.39 Å². The smallest absolute Gasteiger partial charge is 0.126 e. The summed E-state index contributed by atoms with van der Waals surface area (Å²) in [6.07, 6.45) is 2.34. The normalized spacial score (nSPS) is 17.9. The predicted octanol–water partition coefficient (Wildman–Crippen LogP) is 2.24. The highest BCUT2D eigenvalue weighted by molar-refractivity contribution is 5.37. The number of hydrogen-bond donors (Lipinski definition) is 1. The minimum atomic E-state index is -0.284. The molecule has 1 fully saturated rings. The highest BCUT2D eigenvalue weighted by Gasteiger charge is 2.31. The van der Waals surface area contributed by atoms with E-state index in [4.69, 9.17) is 10.5 Å². The minimum Gasteiger partial charge on any atom is -0.496 e. The van der Waals surface area contributed by atoms with Crippen LogP contribution < -0.4 is 10.5 Å². The zero-order chi connectivity index (χ0) is 10.1. The van der Waals surface area contributed by atoms with E-state index < -0.39 is 0 Å². The van der Waals surface area contributed by atoms with Crippen molar-refractivity contribution in [2.45, 2.75) is 18.9 Å². The van der Waals surface area contributed by atoms with Crippen molar-refractivity contribution >= 4 is 0 Å². The fourth-order valence-electron chi connectivity index (χ4n) is 1.67. The Morgan fingerprint density at radius 1 is 1.50 bits per heavy atom. The summed E-state index contributed by atoms with van der Waals surface area (Å²) in [4.78, 5) is 0. The summed E-state index contributed by atoms with van der Waals surface area (Å²) in [5.74, 6) is 0.826. The van der Waals surface area contributed by atoms with E-state index in [0.717, 1.165) is 5.56 Å². The van der Waals surface area contributed by atoms with Crippen LogP contribution in [0.1, 0.15) is 24.4 Å². The maximum absolute atomic E-state index is 12.9. The third-order valence-electron chi connectivity index (χ3n) is 2.68. The summed E-state index contributed by atoms with van der Waals surface area (Å²) in [7, 11) is 1.54. The van der Waals surface area contributed by atoms with Gasteiger partial charge in [0, 0.05) is 17.7 Å². The zero-order valence-electron chi connectivity index (χ0n) is 8.16. The van der Waals surface area contributed by atoms with Crippen LogP contribution in [0, 0.1) is 11.7 Å². The average Bonchev–Trinajstić information content (AvgIpc) is 3.00. The molecule has 0 bridgehead atoms. The number of benzene rings is 1. The number of halogens is 1. The standard InChI is InChI=1S/C11H14FNO/c1-14-10-6-8(12)4-5-9(10)11(13)7-2-3-7/h4-7,11H,2-3,13H2,1H3/t11-/m1/s1. The van der Waals surface area contributed by atoms with Crippen LogP contribution in [0.2, 0.25) is 0 Å². The lowest BCUT2D eigenvalue weighted by atomic mass is 10.0. The van der Waals surface area contributed by atoms with Crippen molar-refractivity contribution in [3.63, 3.8) is 0 Å². The summed E-state index contributed by atoms with van der Waals surface area (Å²) in [6.45, 7) is 0. The van der Waals surface area contributed by atoms with Crippen molar-refractivity contribution in [2.75, 3.05) is 7.11 Å². The second-order valence-electron chi connectivity index (χ2n) is 3.75. The van der Waals surface area contributed by atoms with Gasteiger partial charge in [-0.1, -0.05) is 6.07 Å². The van der Waals surface area contributed by atoms with Crippen molar-refractivity contribution < 1.29 is 9.13 Å². The van der Waals surface area contributed by atoms with Crippen molar-refractivity contribution in [1.82, 2.24) is 0 Å². The van der Waals surface area contributed by atoms with Gasteiger partial charge >= 0.3 is 0 Å². The Morgan fingerprint density at radius 2 is 2.21 bits per heavy atom. The van der Waals surface area contributed by atoms with Crippen molar-refractivity contribution in [3.8, 4) is 5.75 Å². The van der Waals surface area contributed by atoms with Gasteiger partial charge in [0.1, 0.15) is 11.6 Å². The lowest BCUT2D eigenvalue weighted by Gasteiger charge is -2.14. The molecule has 0 aliphatic heterocycles. The minimum absolute atomic E-state index is 0.00875. The molecule has 0 amide bonds. The van der Waals surface area contributed by atoms with Gasteiger partial charge in [-0.15, -0.1) is 0 Å². The summed E-state index contributed by atoms with van der Waals surface area (Å²) in [5.41, 5.74) is 6.94. The van der Waals surface area contributed by atoms with Crippen LogP contribution in [0.3, 0.4) is 0 Å². The molecule has 0 heterocycles. The van der Waals surface area contributed by atoms with E-state index in [1.807, 2.05) is 0 Å². The van der Waals surface area contributed by atoms with Gasteiger partial charge in [0.2, 0.25) is 0 Å². The van der Waals surface area contributed by atoms with Gasteiger partial charge in [-0.2, -0.15) is 0 Å². The Hall–Kier alpha value is -1.09. The number of methoxy groups -OCH3 is 1. The van der Waals surface area contributed by atoms with Crippen LogP contribution in [0.25, 0.3) is 0 Å². The molecular formula is C11H14FNO. The molecule has 2 rings (SSSR count). The molecule has 1 aliphatic rings. The van der Waals surface area contributed by atoms with E-state index in [1.165, 1.54) is 32.1 Å². The Bertz CT molecular complexity index is 336. The molecule has 2 nitrogen and oxygen atoms in total. The van der Waals surface area contributed by atoms with Crippen molar-refractivity contribution in [3.05, 3.63) is 29.6 Å². The van der Waals surface area contributed by atoms with Gasteiger partial charge < -0.3 is 10.5 Å². The molecule has 1 aliphatic carbocycles. The first-order chi connectivity index (χ1) is 6.72. The maximum Gasteiger partial charge on any atom is 0.126 e. The van der Waals surface area contributed by atoms with Crippen molar-refractivity contribution in [1.29, 1.82) is 0 Å². The first-order valence-corrected chi connectivity index (χ1v) is 4.81. The number of rotatable bonds is 3. The fraction of sp³-hybridized carbons (Fsp3) is 0.455. The number of hydrogen-bond acceptors (Lipinski definition) is 2. The highest BCUT2D eigenvalue weighted by Crippen LogP contribution is 2.42. The van der Waals surface area contributed by atoms with Gasteiger partial charge in [0.05, 0.1) is 7.11 Å². The third-order valence-corrected chi connectivity index (χ3v) is 2.68. The Morgan fingerprint density at radius 3 is 2.79 bits per heavy atom. The first kappa shape index (κ1) is 9.46. The molecule has 0 saturated heterocycles. The predicted molar refractivity (Wildman–Crippen MR) is 52.6 cm³/mol. The average molecular weight is 195 g/mol. The molecule has 0 aromatic heterocycles. The molecular weight excluding hydrogens is 181 g/mol. The lowest BCUT2D eigenvalue weighted by molar-refractivity contribution is 0.399.